The highest BCUT2D eigenvalue weighted by Crippen LogP contribution is 2.31. The first-order valence-corrected chi connectivity index (χ1v) is 6.91. The summed E-state index contributed by atoms with van der Waals surface area (Å²) in [4.78, 5) is 2.27. The van der Waals surface area contributed by atoms with Crippen LogP contribution in [0.15, 0.2) is 0 Å². The largest absolute Gasteiger partial charge is 0.391 e. The quantitative estimate of drug-likeness (QED) is 0.803. The van der Waals surface area contributed by atoms with Gasteiger partial charge in [-0.3, -0.25) is 4.90 Å². The van der Waals surface area contributed by atoms with Crippen LogP contribution in [0.1, 0.15) is 40.5 Å². The number of aliphatic hydroxyl groups is 1. The Morgan fingerprint density at radius 2 is 1.94 bits per heavy atom. The second-order valence-electron chi connectivity index (χ2n) is 6.01. The van der Waals surface area contributed by atoms with Crippen LogP contribution >= 0.6 is 0 Å². The summed E-state index contributed by atoms with van der Waals surface area (Å²) in [5.41, 5.74) is 0. The molecule has 0 radical (unpaired) electrons. The predicted octanol–water partition coefficient (Wildman–Crippen LogP) is 2.14. The zero-order chi connectivity index (χ0) is 13.0. The summed E-state index contributed by atoms with van der Waals surface area (Å²) in [5, 5.41) is 10.2. The zero-order valence-electron chi connectivity index (χ0n) is 12.0. The highest BCUT2D eigenvalue weighted by molar-refractivity contribution is 4.88. The lowest BCUT2D eigenvalue weighted by atomic mass is 9.77. The smallest absolute Gasteiger partial charge is 0.0700 e. The van der Waals surface area contributed by atoms with Crippen molar-refractivity contribution in [2.24, 2.45) is 11.8 Å². The first kappa shape index (κ1) is 14.9. The SMILES string of the molecule is CC1CC(C)C(N(C)CCOC(C)C)C(O)C1. The minimum atomic E-state index is -0.183. The molecule has 1 rings (SSSR count). The van der Waals surface area contributed by atoms with E-state index in [0.29, 0.717) is 17.9 Å². The maximum atomic E-state index is 10.2. The topological polar surface area (TPSA) is 32.7 Å². The van der Waals surface area contributed by atoms with Gasteiger partial charge in [-0.25, -0.2) is 0 Å². The molecule has 0 aromatic rings. The summed E-state index contributed by atoms with van der Waals surface area (Å²) in [6.45, 7) is 10.2. The minimum Gasteiger partial charge on any atom is -0.391 e. The van der Waals surface area contributed by atoms with Crippen LogP contribution in [-0.2, 0) is 4.74 Å². The van der Waals surface area contributed by atoms with Crippen molar-refractivity contribution in [1.82, 2.24) is 4.90 Å². The third-order valence-electron chi connectivity index (χ3n) is 3.80. The number of hydrogen-bond donors (Lipinski definition) is 1. The monoisotopic (exact) mass is 243 g/mol. The Labute approximate surface area is 106 Å². The Morgan fingerprint density at radius 1 is 1.29 bits per heavy atom. The van der Waals surface area contributed by atoms with Crippen LogP contribution in [0.3, 0.4) is 0 Å². The van der Waals surface area contributed by atoms with Gasteiger partial charge in [0.25, 0.3) is 0 Å². The van der Waals surface area contributed by atoms with Crippen LogP contribution in [0.4, 0.5) is 0 Å². The van der Waals surface area contributed by atoms with E-state index in [9.17, 15) is 5.11 Å². The van der Waals surface area contributed by atoms with Crippen LogP contribution in [0.5, 0.6) is 0 Å². The molecule has 0 amide bonds. The van der Waals surface area contributed by atoms with Crippen molar-refractivity contribution in [3.63, 3.8) is 0 Å². The van der Waals surface area contributed by atoms with E-state index in [0.717, 1.165) is 19.6 Å². The summed E-state index contributed by atoms with van der Waals surface area (Å²) in [6.07, 6.45) is 2.26. The van der Waals surface area contributed by atoms with Gasteiger partial charge in [0.05, 0.1) is 18.8 Å². The van der Waals surface area contributed by atoms with E-state index in [1.807, 2.05) is 0 Å². The number of nitrogens with zero attached hydrogens (tertiary/aromatic N) is 1. The van der Waals surface area contributed by atoms with Crippen molar-refractivity contribution in [3.8, 4) is 0 Å². The molecule has 3 nitrogen and oxygen atoms in total. The van der Waals surface area contributed by atoms with E-state index in [1.165, 1.54) is 6.42 Å². The Morgan fingerprint density at radius 3 is 2.47 bits per heavy atom. The standard InChI is InChI=1S/C14H29NO2/c1-10(2)17-7-6-15(5)14-12(4)8-11(3)9-13(14)16/h10-14,16H,6-9H2,1-5H3. The third kappa shape index (κ3) is 4.57. The van der Waals surface area contributed by atoms with E-state index in [2.05, 4.69) is 39.6 Å². The molecular formula is C14H29NO2. The van der Waals surface area contributed by atoms with Gasteiger partial charge in [0.1, 0.15) is 0 Å². The molecule has 1 aliphatic carbocycles. The molecule has 1 fully saturated rings. The van der Waals surface area contributed by atoms with E-state index in [4.69, 9.17) is 4.74 Å². The van der Waals surface area contributed by atoms with Gasteiger partial charge in [-0.1, -0.05) is 13.8 Å². The number of hydrogen-bond acceptors (Lipinski definition) is 3. The molecule has 1 N–H and O–H groups in total. The fraction of sp³-hybridized carbons (Fsp3) is 1.00. The van der Waals surface area contributed by atoms with Crippen LogP contribution < -0.4 is 0 Å². The van der Waals surface area contributed by atoms with Crippen molar-refractivity contribution in [2.45, 2.75) is 58.8 Å². The molecule has 17 heavy (non-hydrogen) atoms. The van der Waals surface area contributed by atoms with Crippen molar-refractivity contribution < 1.29 is 9.84 Å². The van der Waals surface area contributed by atoms with Gasteiger partial charge in [-0.05, 0) is 45.6 Å². The van der Waals surface area contributed by atoms with Gasteiger partial charge in [0.2, 0.25) is 0 Å². The van der Waals surface area contributed by atoms with E-state index < -0.39 is 0 Å². The fourth-order valence-corrected chi connectivity index (χ4v) is 3.11. The normalized spacial score (nSPS) is 34.6. The Kier molecular flexibility index (Phi) is 5.90. The molecule has 1 saturated carbocycles. The first-order valence-electron chi connectivity index (χ1n) is 6.91. The lowest BCUT2D eigenvalue weighted by molar-refractivity contribution is -0.0276. The highest BCUT2D eigenvalue weighted by atomic mass is 16.5. The van der Waals surface area contributed by atoms with Crippen LogP contribution in [0.25, 0.3) is 0 Å². The molecule has 0 bridgehead atoms. The maximum absolute atomic E-state index is 10.2. The number of ether oxygens (including phenoxy) is 1. The molecule has 0 aliphatic heterocycles. The number of likely N-dealkylation sites (N-methyl/N-ethyl adjacent to an activating group) is 1. The predicted molar refractivity (Wildman–Crippen MR) is 71.1 cm³/mol. The molecule has 0 aromatic carbocycles. The second kappa shape index (κ2) is 6.72. The van der Waals surface area contributed by atoms with Crippen LogP contribution in [0, 0.1) is 11.8 Å². The number of aliphatic hydroxyl groups excluding tert-OH is 1. The summed E-state index contributed by atoms with van der Waals surface area (Å²) in [7, 11) is 2.10. The molecule has 4 atom stereocenters. The fourth-order valence-electron chi connectivity index (χ4n) is 3.11. The highest BCUT2D eigenvalue weighted by Gasteiger charge is 2.35. The Hall–Kier alpha value is -0.120. The summed E-state index contributed by atoms with van der Waals surface area (Å²) in [6, 6.07) is 0.293. The van der Waals surface area contributed by atoms with Crippen molar-refractivity contribution in [2.75, 3.05) is 20.2 Å². The maximum Gasteiger partial charge on any atom is 0.0700 e. The first-order chi connectivity index (χ1) is 7.91. The molecule has 0 aromatic heterocycles. The van der Waals surface area contributed by atoms with Gasteiger partial charge in [-0.15, -0.1) is 0 Å². The molecule has 3 heteroatoms. The van der Waals surface area contributed by atoms with Crippen LogP contribution in [0.2, 0.25) is 0 Å². The minimum absolute atomic E-state index is 0.183. The Balaban J connectivity index is 2.41. The lowest BCUT2D eigenvalue weighted by Gasteiger charge is -2.42. The number of rotatable bonds is 5. The molecule has 0 heterocycles. The average molecular weight is 243 g/mol. The second-order valence-corrected chi connectivity index (χ2v) is 6.01. The Bertz CT molecular complexity index is 208. The summed E-state index contributed by atoms with van der Waals surface area (Å²) >= 11 is 0. The molecule has 1 aliphatic rings. The van der Waals surface area contributed by atoms with Crippen molar-refractivity contribution in [1.29, 1.82) is 0 Å². The van der Waals surface area contributed by atoms with Crippen LogP contribution in [-0.4, -0.2) is 48.5 Å². The van der Waals surface area contributed by atoms with E-state index in [1.54, 1.807) is 0 Å². The molecule has 4 unspecified atom stereocenters. The summed E-state index contributed by atoms with van der Waals surface area (Å²) in [5.74, 6) is 1.22. The molecule has 102 valence electrons. The van der Waals surface area contributed by atoms with Gasteiger partial charge >= 0.3 is 0 Å². The lowest BCUT2D eigenvalue weighted by Crippen LogP contribution is -2.50. The van der Waals surface area contributed by atoms with Gasteiger partial charge in [-0.2, -0.15) is 0 Å². The van der Waals surface area contributed by atoms with Crippen molar-refractivity contribution in [3.05, 3.63) is 0 Å². The third-order valence-corrected chi connectivity index (χ3v) is 3.80. The molecule has 0 spiro atoms. The average Bonchev–Trinajstić information content (AvgIpc) is 2.14. The molecule has 0 saturated heterocycles. The summed E-state index contributed by atoms with van der Waals surface area (Å²) < 4.78 is 5.57. The van der Waals surface area contributed by atoms with Gasteiger partial charge < -0.3 is 9.84 Å². The van der Waals surface area contributed by atoms with Gasteiger partial charge in [0, 0.05) is 12.6 Å². The van der Waals surface area contributed by atoms with Crippen molar-refractivity contribution >= 4 is 0 Å². The van der Waals surface area contributed by atoms with E-state index >= 15 is 0 Å². The van der Waals surface area contributed by atoms with Gasteiger partial charge in [0.15, 0.2) is 0 Å². The van der Waals surface area contributed by atoms with E-state index in [-0.39, 0.29) is 12.2 Å². The zero-order valence-corrected chi connectivity index (χ0v) is 12.0. The molecular weight excluding hydrogens is 214 g/mol.